The summed E-state index contributed by atoms with van der Waals surface area (Å²) in [5.41, 5.74) is 7.35. The van der Waals surface area contributed by atoms with Crippen LogP contribution in [0.2, 0.25) is 0 Å². The van der Waals surface area contributed by atoms with Crippen molar-refractivity contribution in [2.75, 3.05) is 18.8 Å². The maximum absolute atomic E-state index is 5.64. The monoisotopic (exact) mass is 231 g/mol. The highest BCUT2D eigenvalue weighted by Crippen LogP contribution is 2.18. The first-order chi connectivity index (χ1) is 8.31. The highest BCUT2D eigenvalue weighted by molar-refractivity contribution is 5.72. The van der Waals surface area contributed by atoms with E-state index >= 15 is 0 Å². The molecule has 90 valence electrons. The molecule has 1 aliphatic heterocycles. The maximum atomic E-state index is 5.64. The van der Waals surface area contributed by atoms with Gasteiger partial charge in [-0.1, -0.05) is 0 Å². The number of fused-ring (bicyclic) bond motifs is 1. The second-order valence-corrected chi connectivity index (χ2v) is 4.69. The molecule has 0 amide bonds. The molecule has 4 N–H and O–H groups in total. The summed E-state index contributed by atoms with van der Waals surface area (Å²) in [4.78, 5) is 12.0. The zero-order valence-corrected chi connectivity index (χ0v) is 9.74. The van der Waals surface area contributed by atoms with E-state index in [4.69, 9.17) is 5.73 Å². The summed E-state index contributed by atoms with van der Waals surface area (Å²) < 4.78 is 0. The highest BCUT2D eigenvalue weighted by atomic mass is 15.0. The summed E-state index contributed by atoms with van der Waals surface area (Å²) >= 11 is 0. The lowest BCUT2D eigenvalue weighted by molar-refractivity contribution is 0.368. The number of aromatic nitrogens is 3. The first kappa shape index (κ1) is 10.5. The molecule has 1 saturated heterocycles. The quantitative estimate of drug-likeness (QED) is 0.722. The summed E-state index contributed by atoms with van der Waals surface area (Å²) in [5, 5.41) is 3.38. The number of nitrogens with two attached hydrogens (primary N) is 1. The number of pyridine rings is 1. The van der Waals surface area contributed by atoms with Crippen LogP contribution in [-0.2, 0) is 6.42 Å². The first-order valence-electron chi connectivity index (χ1n) is 6.13. The molecule has 0 unspecified atom stereocenters. The number of rotatable bonds is 2. The number of aromatic amines is 1. The third-order valence-corrected chi connectivity index (χ3v) is 3.36. The number of nitrogens with one attached hydrogen (secondary N) is 2. The molecule has 0 aromatic carbocycles. The third-order valence-electron chi connectivity index (χ3n) is 3.36. The van der Waals surface area contributed by atoms with Gasteiger partial charge in [0.15, 0.2) is 5.65 Å². The molecule has 0 spiro atoms. The normalized spacial score (nSPS) is 17.6. The van der Waals surface area contributed by atoms with Crippen molar-refractivity contribution < 1.29 is 0 Å². The van der Waals surface area contributed by atoms with E-state index in [1.165, 1.54) is 12.8 Å². The van der Waals surface area contributed by atoms with Gasteiger partial charge in [-0.3, -0.25) is 0 Å². The summed E-state index contributed by atoms with van der Waals surface area (Å²) in [6.45, 7) is 2.24. The number of imidazole rings is 1. The molecule has 2 aromatic rings. The minimum absolute atomic E-state index is 0.525. The van der Waals surface area contributed by atoms with Crippen molar-refractivity contribution in [2.24, 2.45) is 5.92 Å². The molecule has 17 heavy (non-hydrogen) atoms. The van der Waals surface area contributed by atoms with Crippen molar-refractivity contribution in [1.82, 2.24) is 20.3 Å². The second kappa shape index (κ2) is 4.33. The van der Waals surface area contributed by atoms with E-state index in [-0.39, 0.29) is 0 Å². The van der Waals surface area contributed by atoms with Gasteiger partial charge in [0, 0.05) is 6.42 Å². The lowest BCUT2D eigenvalue weighted by Gasteiger charge is -2.21. The number of nitrogens with zero attached hydrogens (tertiary/aromatic N) is 2. The molecule has 2 aromatic heterocycles. The van der Waals surface area contributed by atoms with Crippen LogP contribution in [0.25, 0.3) is 11.2 Å². The fourth-order valence-electron chi connectivity index (χ4n) is 2.41. The van der Waals surface area contributed by atoms with Gasteiger partial charge in [-0.2, -0.15) is 0 Å². The van der Waals surface area contributed by atoms with Gasteiger partial charge in [0.1, 0.15) is 11.6 Å². The molecule has 0 saturated carbocycles. The van der Waals surface area contributed by atoms with Crippen LogP contribution >= 0.6 is 0 Å². The lowest BCUT2D eigenvalue weighted by Crippen LogP contribution is -2.28. The minimum atomic E-state index is 0.525. The van der Waals surface area contributed by atoms with Gasteiger partial charge in [-0.25, -0.2) is 9.97 Å². The molecule has 0 aliphatic carbocycles. The van der Waals surface area contributed by atoms with Crippen molar-refractivity contribution in [3.05, 3.63) is 18.0 Å². The van der Waals surface area contributed by atoms with Crippen molar-refractivity contribution in [3.63, 3.8) is 0 Å². The molecule has 1 aliphatic rings. The molecular weight excluding hydrogens is 214 g/mol. The van der Waals surface area contributed by atoms with Crippen LogP contribution in [0.5, 0.6) is 0 Å². The number of hydrogen-bond donors (Lipinski definition) is 3. The number of nitrogen functional groups attached to an aromatic ring is 1. The Balaban J connectivity index is 1.80. The Morgan fingerprint density at radius 2 is 2.06 bits per heavy atom. The van der Waals surface area contributed by atoms with Crippen molar-refractivity contribution in [3.8, 4) is 0 Å². The smallest absolute Gasteiger partial charge is 0.179 e. The third kappa shape index (κ3) is 2.24. The molecule has 3 rings (SSSR count). The van der Waals surface area contributed by atoms with Crippen LogP contribution < -0.4 is 11.1 Å². The molecule has 0 atom stereocenters. The van der Waals surface area contributed by atoms with Crippen molar-refractivity contribution >= 4 is 17.0 Å². The van der Waals surface area contributed by atoms with Crippen LogP contribution in [0.4, 0.5) is 5.82 Å². The van der Waals surface area contributed by atoms with Crippen LogP contribution in [0.3, 0.4) is 0 Å². The van der Waals surface area contributed by atoms with E-state index in [1.54, 1.807) is 6.07 Å². The molecule has 1 fully saturated rings. The Bertz CT molecular complexity index is 513. The lowest BCUT2D eigenvalue weighted by atomic mass is 9.94. The topological polar surface area (TPSA) is 79.6 Å². The second-order valence-electron chi connectivity index (χ2n) is 4.69. The van der Waals surface area contributed by atoms with Gasteiger partial charge in [-0.05, 0) is 44.0 Å². The number of H-pyrrole nitrogens is 1. The van der Waals surface area contributed by atoms with Crippen molar-refractivity contribution in [1.29, 1.82) is 0 Å². The predicted octanol–water partition coefficient (Wildman–Crippen LogP) is 1.08. The average molecular weight is 231 g/mol. The zero-order chi connectivity index (χ0) is 11.7. The number of anilines is 1. The Kier molecular flexibility index (Phi) is 2.68. The van der Waals surface area contributed by atoms with Crippen LogP contribution in [0.15, 0.2) is 12.1 Å². The molecule has 5 heteroatoms. The standard InChI is InChI=1S/C12H17N5/c13-10-2-1-9-12(16-10)17-11(15-9)7-8-3-5-14-6-4-8/h1-2,8,14H,3-7H2,(H3,13,15,16,17). The molecular formula is C12H17N5. The molecule has 0 radical (unpaired) electrons. The Morgan fingerprint density at radius 1 is 1.24 bits per heavy atom. The Labute approximate surface area is 99.8 Å². The van der Waals surface area contributed by atoms with Crippen LogP contribution in [0.1, 0.15) is 18.7 Å². The average Bonchev–Trinajstić information content (AvgIpc) is 2.71. The zero-order valence-electron chi connectivity index (χ0n) is 9.74. The summed E-state index contributed by atoms with van der Waals surface area (Å²) in [7, 11) is 0. The summed E-state index contributed by atoms with van der Waals surface area (Å²) in [6, 6.07) is 3.74. The SMILES string of the molecule is Nc1ccc2[nH]c(CC3CCNCC3)nc2n1. The van der Waals surface area contributed by atoms with Gasteiger partial charge in [0.05, 0.1) is 5.52 Å². The van der Waals surface area contributed by atoms with E-state index in [0.717, 1.165) is 42.4 Å². The number of hydrogen-bond acceptors (Lipinski definition) is 4. The Morgan fingerprint density at radius 3 is 2.88 bits per heavy atom. The van der Waals surface area contributed by atoms with E-state index in [0.29, 0.717) is 5.82 Å². The fourth-order valence-corrected chi connectivity index (χ4v) is 2.41. The van der Waals surface area contributed by atoms with E-state index in [1.807, 2.05) is 6.07 Å². The van der Waals surface area contributed by atoms with Gasteiger partial charge in [-0.15, -0.1) is 0 Å². The first-order valence-corrected chi connectivity index (χ1v) is 6.13. The van der Waals surface area contributed by atoms with E-state index < -0.39 is 0 Å². The van der Waals surface area contributed by atoms with Crippen molar-refractivity contribution in [2.45, 2.75) is 19.3 Å². The van der Waals surface area contributed by atoms with E-state index in [9.17, 15) is 0 Å². The molecule has 3 heterocycles. The maximum Gasteiger partial charge on any atom is 0.179 e. The summed E-state index contributed by atoms with van der Waals surface area (Å²) in [6.07, 6.45) is 3.47. The fraction of sp³-hybridized carbons (Fsp3) is 0.500. The minimum Gasteiger partial charge on any atom is -0.384 e. The molecule has 0 bridgehead atoms. The van der Waals surface area contributed by atoms with Crippen LogP contribution in [-0.4, -0.2) is 28.0 Å². The van der Waals surface area contributed by atoms with E-state index in [2.05, 4.69) is 20.3 Å². The highest BCUT2D eigenvalue weighted by Gasteiger charge is 2.15. The van der Waals surface area contributed by atoms with Gasteiger partial charge in [0.2, 0.25) is 0 Å². The summed E-state index contributed by atoms with van der Waals surface area (Å²) in [5.74, 6) is 2.29. The Hall–Kier alpha value is -1.62. The van der Waals surface area contributed by atoms with Crippen LogP contribution in [0, 0.1) is 5.92 Å². The molecule has 5 nitrogen and oxygen atoms in total. The largest absolute Gasteiger partial charge is 0.384 e. The van der Waals surface area contributed by atoms with Gasteiger partial charge < -0.3 is 16.0 Å². The van der Waals surface area contributed by atoms with Gasteiger partial charge in [0.25, 0.3) is 0 Å². The number of piperidine rings is 1. The predicted molar refractivity (Wildman–Crippen MR) is 67.6 cm³/mol. The van der Waals surface area contributed by atoms with Gasteiger partial charge >= 0.3 is 0 Å².